The summed E-state index contributed by atoms with van der Waals surface area (Å²) in [6.07, 6.45) is 10.1. The summed E-state index contributed by atoms with van der Waals surface area (Å²) in [5.41, 5.74) is 2.31. The Hall–Kier alpha value is -0.890. The van der Waals surface area contributed by atoms with Crippen molar-refractivity contribution in [3.05, 3.63) is 29.6 Å². The highest BCUT2D eigenvalue weighted by molar-refractivity contribution is 5.09. The molecule has 2 fully saturated rings. The van der Waals surface area contributed by atoms with E-state index in [1.807, 2.05) is 0 Å². The standard InChI is InChI=1S/C17H26N2/c1-13-5-4-8-17(19-13)12-18-16-10-9-14-6-2-3-7-15(14)11-16/h4-5,8,14-16,18H,2-3,6-7,9-12H2,1H3. The van der Waals surface area contributed by atoms with E-state index in [4.69, 9.17) is 0 Å². The maximum absolute atomic E-state index is 4.58. The summed E-state index contributed by atoms with van der Waals surface area (Å²) < 4.78 is 0. The Balaban J connectivity index is 1.51. The highest BCUT2D eigenvalue weighted by atomic mass is 14.9. The van der Waals surface area contributed by atoms with Crippen molar-refractivity contribution in [1.82, 2.24) is 10.3 Å². The molecule has 104 valence electrons. The van der Waals surface area contributed by atoms with Crippen LogP contribution >= 0.6 is 0 Å². The molecule has 1 aromatic rings. The van der Waals surface area contributed by atoms with Gasteiger partial charge in [-0.05, 0) is 50.2 Å². The third-order valence-corrected chi connectivity index (χ3v) is 5.06. The monoisotopic (exact) mass is 258 g/mol. The number of hydrogen-bond acceptors (Lipinski definition) is 2. The molecule has 0 spiro atoms. The van der Waals surface area contributed by atoms with Crippen LogP contribution in [0, 0.1) is 18.8 Å². The Bertz CT molecular complexity index is 415. The van der Waals surface area contributed by atoms with Gasteiger partial charge in [0.2, 0.25) is 0 Å². The molecule has 1 heterocycles. The average molecular weight is 258 g/mol. The Morgan fingerprint density at radius 2 is 1.95 bits per heavy atom. The molecule has 3 rings (SSSR count). The molecule has 1 aromatic heterocycles. The van der Waals surface area contributed by atoms with Crippen LogP contribution in [-0.2, 0) is 6.54 Å². The molecular formula is C17H26N2. The van der Waals surface area contributed by atoms with E-state index >= 15 is 0 Å². The van der Waals surface area contributed by atoms with E-state index in [1.54, 1.807) is 0 Å². The van der Waals surface area contributed by atoms with Gasteiger partial charge in [0.25, 0.3) is 0 Å². The fraction of sp³-hybridized carbons (Fsp3) is 0.706. The van der Waals surface area contributed by atoms with Crippen LogP contribution in [0.1, 0.15) is 56.3 Å². The first kappa shape index (κ1) is 13.1. The number of nitrogens with one attached hydrogen (secondary N) is 1. The summed E-state index contributed by atoms with van der Waals surface area (Å²) in [6.45, 7) is 3.00. The van der Waals surface area contributed by atoms with Gasteiger partial charge in [0.1, 0.15) is 0 Å². The molecule has 2 saturated carbocycles. The average Bonchev–Trinajstić information content (AvgIpc) is 2.45. The molecule has 3 atom stereocenters. The lowest BCUT2D eigenvalue weighted by Crippen LogP contribution is -2.38. The van der Waals surface area contributed by atoms with E-state index in [1.165, 1.54) is 50.6 Å². The first-order chi connectivity index (χ1) is 9.31. The zero-order chi connectivity index (χ0) is 13.1. The fourth-order valence-electron chi connectivity index (χ4n) is 4.01. The van der Waals surface area contributed by atoms with Gasteiger partial charge in [0, 0.05) is 18.3 Å². The van der Waals surface area contributed by atoms with Gasteiger partial charge >= 0.3 is 0 Å². The molecule has 19 heavy (non-hydrogen) atoms. The van der Waals surface area contributed by atoms with Crippen LogP contribution in [0.4, 0.5) is 0 Å². The number of aromatic nitrogens is 1. The van der Waals surface area contributed by atoms with Crippen LogP contribution in [0.3, 0.4) is 0 Å². The van der Waals surface area contributed by atoms with E-state index < -0.39 is 0 Å². The molecule has 2 aliphatic rings. The van der Waals surface area contributed by atoms with Crippen LogP contribution in [-0.4, -0.2) is 11.0 Å². The van der Waals surface area contributed by atoms with E-state index in [0.29, 0.717) is 0 Å². The second kappa shape index (κ2) is 6.04. The lowest BCUT2D eigenvalue weighted by molar-refractivity contribution is 0.143. The Morgan fingerprint density at radius 1 is 1.11 bits per heavy atom. The maximum Gasteiger partial charge on any atom is 0.0544 e. The van der Waals surface area contributed by atoms with Gasteiger partial charge < -0.3 is 5.32 Å². The molecule has 1 N–H and O–H groups in total. The van der Waals surface area contributed by atoms with Crippen LogP contribution in [0.15, 0.2) is 18.2 Å². The Kier molecular flexibility index (Phi) is 4.17. The van der Waals surface area contributed by atoms with Crippen molar-refractivity contribution < 1.29 is 0 Å². The molecule has 3 unspecified atom stereocenters. The fourth-order valence-corrected chi connectivity index (χ4v) is 4.01. The van der Waals surface area contributed by atoms with Crippen LogP contribution in [0.2, 0.25) is 0 Å². The highest BCUT2D eigenvalue weighted by Crippen LogP contribution is 2.40. The molecule has 0 saturated heterocycles. The Morgan fingerprint density at radius 3 is 2.79 bits per heavy atom. The molecule has 2 aliphatic carbocycles. The first-order valence-corrected chi connectivity index (χ1v) is 7.97. The summed E-state index contributed by atoms with van der Waals surface area (Å²) in [7, 11) is 0. The van der Waals surface area contributed by atoms with E-state index in [-0.39, 0.29) is 0 Å². The van der Waals surface area contributed by atoms with Gasteiger partial charge in [-0.25, -0.2) is 0 Å². The second-order valence-electron chi connectivity index (χ2n) is 6.47. The number of nitrogens with zero attached hydrogens (tertiary/aromatic N) is 1. The number of hydrogen-bond donors (Lipinski definition) is 1. The predicted molar refractivity (Wildman–Crippen MR) is 78.9 cm³/mol. The number of rotatable bonds is 3. The highest BCUT2D eigenvalue weighted by Gasteiger charge is 2.31. The molecule has 0 radical (unpaired) electrons. The van der Waals surface area contributed by atoms with E-state index in [2.05, 4.69) is 35.4 Å². The molecule has 0 aliphatic heterocycles. The van der Waals surface area contributed by atoms with Crippen molar-refractivity contribution in [3.63, 3.8) is 0 Å². The first-order valence-electron chi connectivity index (χ1n) is 7.97. The summed E-state index contributed by atoms with van der Waals surface area (Å²) in [6, 6.07) is 7.03. The van der Waals surface area contributed by atoms with Crippen molar-refractivity contribution in [1.29, 1.82) is 0 Å². The third-order valence-electron chi connectivity index (χ3n) is 5.06. The lowest BCUT2D eigenvalue weighted by atomic mass is 9.69. The zero-order valence-corrected chi connectivity index (χ0v) is 12.1. The third kappa shape index (κ3) is 3.36. The minimum Gasteiger partial charge on any atom is -0.308 e. The van der Waals surface area contributed by atoms with Gasteiger partial charge in [0.15, 0.2) is 0 Å². The second-order valence-corrected chi connectivity index (χ2v) is 6.47. The molecule has 0 amide bonds. The van der Waals surface area contributed by atoms with Crippen LogP contribution in [0.25, 0.3) is 0 Å². The van der Waals surface area contributed by atoms with E-state index in [9.17, 15) is 0 Å². The minimum atomic E-state index is 0.724. The molecule has 2 heteroatoms. The molecule has 0 bridgehead atoms. The largest absolute Gasteiger partial charge is 0.308 e. The topological polar surface area (TPSA) is 24.9 Å². The molecular weight excluding hydrogens is 232 g/mol. The molecule has 0 aromatic carbocycles. The van der Waals surface area contributed by atoms with Gasteiger partial charge in [-0.3, -0.25) is 4.98 Å². The van der Waals surface area contributed by atoms with Crippen LogP contribution < -0.4 is 5.32 Å². The normalized spacial score (nSPS) is 30.9. The quantitative estimate of drug-likeness (QED) is 0.891. The van der Waals surface area contributed by atoms with E-state index in [0.717, 1.165) is 30.1 Å². The van der Waals surface area contributed by atoms with Gasteiger partial charge in [-0.2, -0.15) is 0 Å². The lowest BCUT2D eigenvalue weighted by Gasteiger charge is -2.39. The van der Waals surface area contributed by atoms with Crippen molar-refractivity contribution >= 4 is 0 Å². The van der Waals surface area contributed by atoms with Gasteiger partial charge in [-0.1, -0.05) is 31.7 Å². The smallest absolute Gasteiger partial charge is 0.0544 e. The van der Waals surface area contributed by atoms with Crippen molar-refractivity contribution in [2.45, 2.75) is 64.5 Å². The summed E-state index contributed by atoms with van der Waals surface area (Å²) in [4.78, 5) is 4.58. The maximum atomic E-state index is 4.58. The SMILES string of the molecule is Cc1cccc(CNC2CCC3CCCCC3C2)n1. The summed E-state index contributed by atoms with van der Waals surface area (Å²) in [5, 5.41) is 3.74. The number of pyridine rings is 1. The Labute approximate surface area is 117 Å². The number of fused-ring (bicyclic) bond motifs is 1. The van der Waals surface area contributed by atoms with Crippen molar-refractivity contribution in [2.24, 2.45) is 11.8 Å². The van der Waals surface area contributed by atoms with Gasteiger partial charge in [-0.15, -0.1) is 0 Å². The number of aryl methyl sites for hydroxylation is 1. The predicted octanol–water partition coefficient (Wildman–Crippen LogP) is 3.84. The van der Waals surface area contributed by atoms with Gasteiger partial charge in [0.05, 0.1) is 5.69 Å². The molecule has 2 nitrogen and oxygen atoms in total. The van der Waals surface area contributed by atoms with Crippen molar-refractivity contribution in [2.75, 3.05) is 0 Å². The minimum absolute atomic E-state index is 0.724. The van der Waals surface area contributed by atoms with Crippen LogP contribution in [0.5, 0.6) is 0 Å². The summed E-state index contributed by atoms with van der Waals surface area (Å²) >= 11 is 0. The zero-order valence-electron chi connectivity index (χ0n) is 12.1. The van der Waals surface area contributed by atoms with Crippen molar-refractivity contribution in [3.8, 4) is 0 Å². The summed E-state index contributed by atoms with van der Waals surface area (Å²) in [5.74, 6) is 2.05.